The quantitative estimate of drug-likeness (QED) is 0.775. The molecule has 1 atom stereocenters. The Kier molecular flexibility index (Phi) is 5.26. The smallest absolute Gasteiger partial charge is 0.319 e. The van der Waals surface area contributed by atoms with Crippen molar-refractivity contribution < 1.29 is 14.3 Å². The summed E-state index contributed by atoms with van der Waals surface area (Å²) in [5.74, 6) is -0.547. The molecule has 0 radical (unpaired) electrons. The van der Waals surface area contributed by atoms with Gasteiger partial charge in [-0.25, -0.2) is 9.18 Å². The molecule has 6 nitrogen and oxygen atoms in total. The van der Waals surface area contributed by atoms with E-state index in [4.69, 9.17) is 0 Å². The number of hydrogen-bond donors (Lipinski definition) is 3. The number of aliphatic hydroxyl groups is 1. The summed E-state index contributed by atoms with van der Waals surface area (Å²) >= 11 is 0. The van der Waals surface area contributed by atoms with Crippen LogP contribution < -0.4 is 16.2 Å². The second-order valence-electron chi connectivity index (χ2n) is 4.66. The molecular weight excluding hydrogens is 289 g/mol. The number of urea groups is 1. The molecule has 0 saturated heterocycles. The number of aromatic nitrogens is 1. The maximum absolute atomic E-state index is 13.4. The van der Waals surface area contributed by atoms with Crippen molar-refractivity contribution in [3.05, 3.63) is 64.8 Å². The van der Waals surface area contributed by atoms with Crippen LogP contribution in [0.25, 0.3) is 0 Å². The van der Waals surface area contributed by atoms with Crippen LogP contribution in [0.1, 0.15) is 0 Å². The minimum atomic E-state index is -0.938. The number of carbonyl (C=O) groups is 1. The van der Waals surface area contributed by atoms with Crippen LogP contribution in [-0.2, 0) is 6.54 Å². The summed E-state index contributed by atoms with van der Waals surface area (Å²) < 4.78 is 14.7. The van der Waals surface area contributed by atoms with E-state index in [0.29, 0.717) is 0 Å². The summed E-state index contributed by atoms with van der Waals surface area (Å²) in [6.07, 6.45) is 0.608. The highest BCUT2D eigenvalue weighted by molar-refractivity contribution is 5.89. The van der Waals surface area contributed by atoms with Gasteiger partial charge < -0.3 is 20.3 Å². The Hall–Kier alpha value is -2.67. The summed E-state index contributed by atoms with van der Waals surface area (Å²) in [5, 5.41) is 14.6. The van der Waals surface area contributed by atoms with Crippen LogP contribution >= 0.6 is 0 Å². The highest BCUT2D eigenvalue weighted by atomic mass is 19.1. The number of amides is 2. The maximum atomic E-state index is 13.4. The average molecular weight is 305 g/mol. The largest absolute Gasteiger partial charge is 0.389 e. The van der Waals surface area contributed by atoms with E-state index < -0.39 is 18.0 Å². The predicted octanol–water partition coefficient (Wildman–Crippen LogP) is 1.17. The third-order valence-electron chi connectivity index (χ3n) is 2.93. The lowest BCUT2D eigenvalue weighted by atomic mass is 10.3. The summed E-state index contributed by atoms with van der Waals surface area (Å²) in [5.41, 5.74) is -0.189. The Morgan fingerprint density at radius 3 is 2.68 bits per heavy atom. The fraction of sp³-hybridized carbons (Fsp3) is 0.200. The molecule has 0 aliphatic heterocycles. The van der Waals surface area contributed by atoms with Crippen LogP contribution in [0.5, 0.6) is 0 Å². The van der Waals surface area contributed by atoms with E-state index in [1.165, 1.54) is 28.8 Å². The molecule has 0 fully saturated rings. The molecule has 3 N–H and O–H groups in total. The van der Waals surface area contributed by atoms with E-state index in [0.717, 1.165) is 0 Å². The van der Waals surface area contributed by atoms with Crippen molar-refractivity contribution in [1.82, 2.24) is 9.88 Å². The lowest BCUT2D eigenvalue weighted by Gasteiger charge is -2.14. The average Bonchev–Trinajstić information content (AvgIpc) is 2.50. The first-order valence-electron chi connectivity index (χ1n) is 6.69. The first kappa shape index (κ1) is 15.7. The van der Waals surface area contributed by atoms with Crippen LogP contribution in [0.2, 0.25) is 0 Å². The molecule has 7 heteroatoms. The number of rotatable bonds is 5. The molecule has 1 unspecified atom stereocenters. The number of anilines is 1. The van der Waals surface area contributed by atoms with Crippen molar-refractivity contribution in [3.63, 3.8) is 0 Å². The zero-order valence-corrected chi connectivity index (χ0v) is 11.7. The molecule has 22 heavy (non-hydrogen) atoms. The zero-order valence-electron chi connectivity index (χ0n) is 11.7. The molecule has 0 spiro atoms. The Morgan fingerprint density at radius 1 is 1.23 bits per heavy atom. The number of aliphatic hydroxyl groups excluding tert-OH is 1. The molecule has 2 aromatic rings. The number of carbonyl (C=O) groups excluding carboxylic acids is 1. The minimum Gasteiger partial charge on any atom is -0.389 e. The molecule has 1 aromatic carbocycles. The first-order valence-corrected chi connectivity index (χ1v) is 6.69. The first-order chi connectivity index (χ1) is 10.6. The van der Waals surface area contributed by atoms with Crippen LogP contribution in [0.4, 0.5) is 14.9 Å². The molecule has 116 valence electrons. The van der Waals surface area contributed by atoms with E-state index in [1.807, 2.05) is 0 Å². The summed E-state index contributed by atoms with van der Waals surface area (Å²) in [6, 6.07) is 9.78. The highest BCUT2D eigenvalue weighted by Gasteiger charge is 2.10. The predicted molar refractivity (Wildman–Crippen MR) is 80.1 cm³/mol. The zero-order chi connectivity index (χ0) is 15.9. The number of pyridine rings is 1. The van der Waals surface area contributed by atoms with Gasteiger partial charge in [-0.1, -0.05) is 18.2 Å². The van der Waals surface area contributed by atoms with Gasteiger partial charge in [0.1, 0.15) is 5.82 Å². The van der Waals surface area contributed by atoms with Gasteiger partial charge in [0, 0.05) is 18.8 Å². The fourth-order valence-corrected chi connectivity index (χ4v) is 1.84. The molecule has 2 amide bonds. The topological polar surface area (TPSA) is 83.4 Å². The highest BCUT2D eigenvalue weighted by Crippen LogP contribution is 2.11. The van der Waals surface area contributed by atoms with Gasteiger partial charge in [0.2, 0.25) is 0 Å². The van der Waals surface area contributed by atoms with E-state index in [9.17, 15) is 19.1 Å². The lowest BCUT2D eigenvalue weighted by Crippen LogP contribution is -2.38. The van der Waals surface area contributed by atoms with Crippen LogP contribution in [-0.4, -0.2) is 28.4 Å². The van der Waals surface area contributed by atoms with Crippen LogP contribution in [0.3, 0.4) is 0 Å². The van der Waals surface area contributed by atoms with Crippen molar-refractivity contribution in [2.75, 3.05) is 11.9 Å². The molecule has 0 bridgehead atoms. The number of hydrogen-bond acceptors (Lipinski definition) is 3. The van der Waals surface area contributed by atoms with Gasteiger partial charge >= 0.3 is 6.03 Å². The summed E-state index contributed by atoms with van der Waals surface area (Å²) in [4.78, 5) is 23.1. The van der Waals surface area contributed by atoms with Crippen LogP contribution in [0, 0.1) is 5.82 Å². The second-order valence-corrected chi connectivity index (χ2v) is 4.66. The number of nitrogens with zero attached hydrogens (tertiary/aromatic N) is 1. The molecular formula is C15H16FN3O3. The van der Waals surface area contributed by atoms with Crippen molar-refractivity contribution in [3.8, 4) is 0 Å². The summed E-state index contributed by atoms with van der Waals surface area (Å²) in [7, 11) is 0. The van der Waals surface area contributed by atoms with Gasteiger partial charge in [0.05, 0.1) is 18.3 Å². The Balaban J connectivity index is 1.82. The van der Waals surface area contributed by atoms with Crippen molar-refractivity contribution >= 4 is 11.7 Å². The van der Waals surface area contributed by atoms with E-state index in [-0.39, 0.29) is 24.3 Å². The van der Waals surface area contributed by atoms with Crippen molar-refractivity contribution in [1.29, 1.82) is 0 Å². The number of para-hydroxylation sites is 1. The van der Waals surface area contributed by atoms with Gasteiger partial charge in [-0.05, 0) is 18.2 Å². The van der Waals surface area contributed by atoms with Gasteiger partial charge in [-0.3, -0.25) is 4.79 Å². The van der Waals surface area contributed by atoms with Crippen LogP contribution in [0.15, 0.2) is 53.5 Å². The third kappa shape index (κ3) is 4.42. The molecule has 0 saturated carbocycles. The number of halogens is 1. The van der Waals surface area contributed by atoms with Gasteiger partial charge in [0.15, 0.2) is 0 Å². The molecule has 1 aromatic heterocycles. The second kappa shape index (κ2) is 7.37. The van der Waals surface area contributed by atoms with Gasteiger partial charge in [0.25, 0.3) is 5.56 Å². The Bertz CT molecular complexity index is 702. The molecule has 0 aliphatic rings. The van der Waals surface area contributed by atoms with Crippen molar-refractivity contribution in [2.24, 2.45) is 0 Å². The standard InChI is InChI=1S/C15H16FN3O3/c16-12-5-1-2-6-13(12)18-15(22)17-9-11(20)10-19-8-4-3-7-14(19)21/h1-8,11,20H,9-10H2,(H2,17,18,22). The van der Waals surface area contributed by atoms with Crippen molar-refractivity contribution in [2.45, 2.75) is 12.6 Å². The molecule has 0 aliphatic carbocycles. The minimum absolute atomic E-state index is 0.0498. The number of benzene rings is 1. The maximum Gasteiger partial charge on any atom is 0.319 e. The Morgan fingerprint density at radius 2 is 1.95 bits per heavy atom. The number of nitrogens with one attached hydrogen (secondary N) is 2. The summed E-state index contributed by atoms with van der Waals surface area (Å²) in [6.45, 7) is -0.0126. The third-order valence-corrected chi connectivity index (χ3v) is 2.93. The van der Waals surface area contributed by atoms with E-state index in [1.54, 1.807) is 24.4 Å². The lowest BCUT2D eigenvalue weighted by molar-refractivity contribution is 0.151. The van der Waals surface area contributed by atoms with E-state index >= 15 is 0 Å². The normalized spacial score (nSPS) is 11.7. The fourth-order valence-electron chi connectivity index (χ4n) is 1.84. The molecule has 2 rings (SSSR count). The molecule has 1 heterocycles. The van der Waals surface area contributed by atoms with E-state index in [2.05, 4.69) is 10.6 Å². The Labute approximate surface area is 126 Å². The monoisotopic (exact) mass is 305 g/mol. The van der Waals surface area contributed by atoms with Gasteiger partial charge in [-0.15, -0.1) is 0 Å². The van der Waals surface area contributed by atoms with Gasteiger partial charge in [-0.2, -0.15) is 0 Å². The SMILES string of the molecule is O=C(NCC(O)Cn1ccccc1=O)Nc1ccccc1F.